The van der Waals surface area contributed by atoms with Crippen molar-refractivity contribution in [1.29, 1.82) is 0 Å². The van der Waals surface area contributed by atoms with Gasteiger partial charge in [-0.1, -0.05) is 6.07 Å². The van der Waals surface area contributed by atoms with Crippen LogP contribution in [0.4, 0.5) is 8.78 Å². The summed E-state index contributed by atoms with van der Waals surface area (Å²) in [6.45, 7) is 1.48. The lowest BCUT2D eigenvalue weighted by molar-refractivity contribution is 0.0726. The Hall–Kier alpha value is -2.83. The number of amides is 1. The van der Waals surface area contributed by atoms with Gasteiger partial charge in [-0.25, -0.2) is 4.52 Å². The Bertz CT molecular complexity index is 947. The van der Waals surface area contributed by atoms with Gasteiger partial charge in [0.1, 0.15) is 0 Å². The molecule has 0 bridgehead atoms. The summed E-state index contributed by atoms with van der Waals surface area (Å²) >= 11 is 0. The molecular formula is C18H16F2N4O. The van der Waals surface area contributed by atoms with Crippen LogP contribution in [0.15, 0.2) is 36.5 Å². The lowest BCUT2D eigenvalue weighted by Crippen LogP contribution is -2.35. The molecule has 0 atom stereocenters. The minimum atomic E-state index is -0.910. The summed E-state index contributed by atoms with van der Waals surface area (Å²) < 4.78 is 28.6. The fourth-order valence-corrected chi connectivity index (χ4v) is 3.25. The van der Waals surface area contributed by atoms with Gasteiger partial charge in [0.2, 0.25) is 11.9 Å². The first-order chi connectivity index (χ1) is 12.1. The lowest BCUT2D eigenvalue weighted by Gasteiger charge is -2.26. The van der Waals surface area contributed by atoms with Crippen molar-refractivity contribution in [3.05, 3.63) is 54.0 Å². The summed E-state index contributed by atoms with van der Waals surface area (Å²) in [4.78, 5) is 17.8. The number of hydrogen-bond donors (Lipinski definition) is 0. The summed E-state index contributed by atoms with van der Waals surface area (Å²) in [5, 5.41) is 4.26. The van der Waals surface area contributed by atoms with Crippen LogP contribution < -0.4 is 0 Å². The molecule has 0 aromatic carbocycles. The molecule has 1 aliphatic rings. The van der Waals surface area contributed by atoms with Gasteiger partial charge in [0.15, 0.2) is 0 Å². The number of nitrogens with zero attached hydrogens (tertiary/aromatic N) is 4. The van der Waals surface area contributed by atoms with E-state index < -0.39 is 11.9 Å². The third-order valence-corrected chi connectivity index (χ3v) is 4.51. The first kappa shape index (κ1) is 15.7. The Kier molecular flexibility index (Phi) is 3.91. The normalized spacial score (nSPS) is 14.9. The number of hydrogen-bond acceptors (Lipinski definition) is 3. The highest BCUT2D eigenvalue weighted by molar-refractivity contribution is 6.01. The Balaban J connectivity index is 1.79. The van der Waals surface area contributed by atoms with Crippen molar-refractivity contribution < 1.29 is 13.6 Å². The van der Waals surface area contributed by atoms with Crippen molar-refractivity contribution in [3.63, 3.8) is 0 Å². The lowest BCUT2D eigenvalue weighted by atomic mass is 10.1. The molecule has 0 radical (unpaired) electrons. The number of halogens is 2. The van der Waals surface area contributed by atoms with Crippen molar-refractivity contribution in [2.45, 2.75) is 19.3 Å². The summed E-state index contributed by atoms with van der Waals surface area (Å²) in [7, 11) is 0. The maximum Gasteiger partial charge on any atom is 0.257 e. The van der Waals surface area contributed by atoms with E-state index >= 15 is 0 Å². The number of aromatic nitrogens is 3. The number of piperidine rings is 1. The van der Waals surface area contributed by atoms with E-state index in [2.05, 4.69) is 10.1 Å². The minimum absolute atomic E-state index is 0.0652. The number of pyridine rings is 2. The van der Waals surface area contributed by atoms with Crippen molar-refractivity contribution in [2.75, 3.05) is 13.1 Å². The zero-order valence-corrected chi connectivity index (χ0v) is 13.5. The molecule has 25 heavy (non-hydrogen) atoms. The quantitative estimate of drug-likeness (QED) is 0.672. The van der Waals surface area contributed by atoms with E-state index in [1.54, 1.807) is 18.2 Å². The third-order valence-electron chi connectivity index (χ3n) is 4.51. The molecule has 1 aliphatic heterocycles. The van der Waals surface area contributed by atoms with Gasteiger partial charge in [0, 0.05) is 13.1 Å². The molecule has 0 aliphatic carbocycles. The molecule has 1 saturated heterocycles. The number of carbonyl (C=O) groups is 1. The van der Waals surface area contributed by atoms with Gasteiger partial charge in [0.25, 0.3) is 5.91 Å². The molecule has 3 aromatic rings. The Morgan fingerprint density at radius 1 is 1.04 bits per heavy atom. The molecule has 4 rings (SSSR count). The maximum absolute atomic E-state index is 14.1. The molecule has 1 amide bonds. The summed E-state index contributed by atoms with van der Waals surface area (Å²) in [5.41, 5.74) is 1.63. The van der Waals surface area contributed by atoms with Gasteiger partial charge in [-0.15, -0.1) is 0 Å². The highest BCUT2D eigenvalue weighted by atomic mass is 19.1. The summed E-state index contributed by atoms with van der Waals surface area (Å²) in [6, 6.07) is 7.57. The van der Waals surface area contributed by atoms with Gasteiger partial charge >= 0.3 is 0 Å². The monoisotopic (exact) mass is 342 g/mol. The van der Waals surface area contributed by atoms with E-state index in [1.165, 1.54) is 16.8 Å². The van der Waals surface area contributed by atoms with E-state index in [1.807, 2.05) is 4.90 Å². The van der Waals surface area contributed by atoms with E-state index in [0.29, 0.717) is 16.8 Å². The molecule has 1 fully saturated rings. The fraction of sp³-hybridized carbons (Fsp3) is 0.278. The summed E-state index contributed by atoms with van der Waals surface area (Å²) in [5.74, 6) is -1.86. The van der Waals surface area contributed by atoms with Crippen molar-refractivity contribution in [3.8, 4) is 11.3 Å². The first-order valence-electron chi connectivity index (χ1n) is 8.23. The van der Waals surface area contributed by atoms with Crippen molar-refractivity contribution in [1.82, 2.24) is 19.5 Å². The topological polar surface area (TPSA) is 50.5 Å². The van der Waals surface area contributed by atoms with Crippen molar-refractivity contribution >= 4 is 11.4 Å². The van der Waals surface area contributed by atoms with E-state index in [0.717, 1.165) is 38.4 Å². The average molecular weight is 342 g/mol. The van der Waals surface area contributed by atoms with Gasteiger partial charge < -0.3 is 4.90 Å². The third kappa shape index (κ3) is 2.75. The highest BCUT2D eigenvalue weighted by Gasteiger charge is 2.22. The van der Waals surface area contributed by atoms with Crippen LogP contribution in [0.2, 0.25) is 0 Å². The second-order valence-corrected chi connectivity index (χ2v) is 6.09. The molecule has 0 N–H and O–H groups in total. The summed E-state index contributed by atoms with van der Waals surface area (Å²) in [6.07, 6.45) is 4.65. The van der Waals surface area contributed by atoms with Gasteiger partial charge in [-0.3, -0.25) is 4.79 Å². The van der Waals surface area contributed by atoms with E-state index in [-0.39, 0.29) is 11.5 Å². The average Bonchev–Trinajstić information content (AvgIpc) is 3.06. The maximum atomic E-state index is 14.1. The predicted octanol–water partition coefficient (Wildman–Crippen LogP) is 3.30. The van der Waals surface area contributed by atoms with Crippen LogP contribution in [0.5, 0.6) is 0 Å². The number of rotatable bonds is 2. The van der Waals surface area contributed by atoms with Gasteiger partial charge in [-0.2, -0.15) is 18.9 Å². The van der Waals surface area contributed by atoms with Crippen LogP contribution in [0.3, 0.4) is 0 Å². The largest absolute Gasteiger partial charge is 0.339 e. The molecule has 7 heteroatoms. The molecule has 3 aromatic heterocycles. The van der Waals surface area contributed by atoms with Gasteiger partial charge in [0.05, 0.1) is 28.5 Å². The number of fused-ring (bicyclic) bond motifs is 1. The highest BCUT2D eigenvalue weighted by Crippen LogP contribution is 2.25. The Morgan fingerprint density at radius 3 is 2.60 bits per heavy atom. The molecule has 5 nitrogen and oxygen atoms in total. The van der Waals surface area contributed by atoms with Crippen LogP contribution >= 0.6 is 0 Å². The number of carbonyl (C=O) groups excluding carboxylic acids is 1. The molecular weight excluding hydrogens is 326 g/mol. The Labute approximate surface area is 142 Å². The second kappa shape index (κ2) is 6.23. The second-order valence-electron chi connectivity index (χ2n) is 6.09. The van der Waals surface area contributed by atoms with Crippen molar-refractivity contribution in [2.24, 2.45) is 0 Å². The zero-order chi connectivity index (χ0) is 17.4. The van der Waals surface area contributed by atoms with E-state index in [9.17, 15) is 13.6 Å². The van der Waals surface area contributed by atoms with Crippen LogP contribution in [0.1, 0.15) is 29.6 Å². The first-order valence-corrected chi connectivity index (χ1v) is 8.23. The zero-order valence-electron chi connectivity index (χ0n) is 13.5. The van der Waals surface area contributed by atoms with Gasteiger partial charge in [-0.05, 0) is 43.5 Å². The molecule has 0 saturated carbocycles. The van der Waals surface area contributed by atoms with E-state index in [4.69, 9.17) is 0 Å². The molecule has 128 valence electrons. The predicted molar refractivity (Wildman–Crippen MR) is 88.1 cm³/mol. The standard InChI is InChI=1S/C18H16F2N4O/c19-16-8-7-12(17(20)22-16)14-5-4-6-15-13(11-21-24(14)15)18(25)23-9-2-1-3-10-23/h4-8,11H,1-3,9-10H2. The minimum Gasteiger partial charge on any atom is -0.339 e. The van der Waals surface area contributed by atoms with Crippen LogP contribution in [-0.4, -0.2) is 38.5 Å². The molecule has 0 spiro atoms. The Morgan fingerprint density at radius 2 is 1.84 bits per heavy atom. The smallest absolute Gasteiger partial charge is 0.257 e. The van der Waals surface area contributed by atoms with Crippen LogP contribution in [0, 0.1) is 11.9 Å². The molecule has 0 unspecified atom stereocenters. The fourth-order valence-electron chi connectivity index (χ4n) is 3.25. The SMILES string of the molecule is O=C(c1cnn2c(-c3ccc(F)nc3F)cccc12)N1CCCCC1. The molecule has 4 heterocycles. The van der Waals surface area contributed by atoms with Crippen LogP contribution in [0.25, 0.3) is 16.8 Å². The van der Waals surface area contributed by atoms with Crippen LogP contribution in [-0.2, 0) is 0 Å². The number of likely N-dealkylation sites (tertiary alicyclic amines) is 1.